The lowest BCUT2D eigenvalue weighted by molar-refractivity contribution is -0.718. The third-order valence-electron chi connectivity index (χ3n) is 12.6. The summed E-state index contributed by atoms with van der Waals surface area (Å²) in [5.74, 6) is -0.764. The number of benzene rings is 2. The van der Waals surface area contributed by atoms with Crippen LogP contribution in [-0.2, 0) is 49.6 Å². The Hall–Kier alpha value is -4.89. The first-order valence-electron chi connectivity index (χ1n) is 18.3. The van der Waals surface area contributed by atoms with Gasteiger partial charge in [-0.3, -0.25) is 9.69 Å². The average Bonchev–Trinajstić information content (AvgIpc) is 3.75. The van der Waals surface area contributed by atoms with Crippen LogP contribution >= 0.6 is 0 Å². The molecule has 1 fully saturated rings. The summed E-state index contributed by atoms with van der Waals surface area (Å²) < 4.78 is 19.2. The Bertz CT molecular complexity index is 2280. The Kier molecular flexibility index (Phi) is 7.80. The number of aromatic amines is 2. The highest BCUT2D eigenvalue weighted by molar-refractivity contribution is 6.09. The van der Waals surface area contributed by atoms with Crippen LogP contribution in [0.2, 0.25) is 0 Å². The van der Waals surface area contributed by atoms with Crippen LogP contribution < -0.4 is 4.57 Å². The Morgan fingerprint density at radius 3 is 2.59 bits per heavy atom. The van der Waals surface area contributed by atoms with Crippen LogP contribution in [-0.4, -0.2) is 60.2 Å². The van der Waals surface area contributed by atoms with Gasteiger partial charge in [-0.25, -0.2) is 4.79 Å². The number of methoxy groups -OCH3 is 2. The van der Waals surface area contributed by atoms with Gasteiger partial charge >= 0.3 is 11.9 Å². The summed E-state index contributed by atoms with van der Waals surface area (Å²) >= 11 is 0. The highest BCUT2D eigenvalue weighted by Gasteiger charge is 2.47. The number of carbonyl (C=O) groups excluding carboxylic acids is 2. The van der Waals surface area contributed by atoms with E-state index in [4.69, 9.17) is 14.2 Å². The molecular formula is C42H45N4O5+. The second-order valence-corrected chi connectivity index (χ2v) is 14.9. The molecule has 0 saturated carbocycles. The molecule has 0 spiro atoms. The molecule has 9 nitrogen and oxygen atoms in total. The number of ether oxygens (including phenoxy) is 3. The van der Waals surface area contributed by atoms with Gasteiger partial charge in [0.25, 0.3) is 0 Å². The summed E-state index contributed by atoms with van der Waals surface area (Å²) in [6.07, 6.45) is 9.15. The van der Waals surface area contributed by atoms with Crippen LogP contribution in [0.1, 0.15) is 48.8 Å². The van der Waals surface area contributed by atoms with Gasteiger partial charge in [0.15, 0.2) is 12.7 Å². The number of piperidine rings is 1. The van der Waals surface area contributed by atoms with Crippen molar-refractivity contribution in [2.24, 2.45) is 23.7 Å². The van der Waals surface area contributed by atoms with Crippen LogP contribution in [0, 0.1) is 23.7 Å². The van der Waals surface area contributed by atoms with Crippen molar-refractivity contribution in [3.05, 3.63) is 101 Å². The maximum Gasteiger partial charge on any atom is 0.337 e. The summed E-state index contributed by atoms with van der Waals surface area (Å²) in [5, 5.41) is 3.59. The molecule has 0 aliphatic carbocycles. The fourth-order valence-corrected chi connectivity index (χ4v) is 9.99. The molecule has 1 saturated heterocycles. The zero-order valence-corrected chi connectivity index (χ0v) is 29.7. The molecule has 2 N–H and O–H groups in total. The molecule has 4 aliphatic heterocycles. The normalized spacial score (nSPS) is 25.8. The average molecular weight is 686 g/mol. The van der Waals surface area contributed by atoms with Crippen molar-refractivity contribution in [1.82, 2.24) is 14.9 Å². The monoisotopic (exact) mass is 685 g/mol. The largest absolute Gasteiger partial charge is 0.497 e. The fourth-order valence-electron chi connectivity index (χ4n) is 9.99. The van der Waals surface area contributed by atoms with E-state index in [0.717, 1.165) is 59.0 Å². The molecule has 0 radical (unpaired) electrons. The van der Waals surface area contributed by atoms with Crippen molar-refractivity contribution in [2.45, 2.75) is 58.2 Å². The van der Waals surface area contributed by atoms with Crippen molar-refractivity contribution in [3.63, 3.8) is 0 Å². The van der Waals surface area contributed by atoms with E-state index in [9.17, 15) is 9.59 Å². The van der Waals surface area contributed by atoms with Gasteiger partial charge in [0.05, 0.1) is 43.9 Å². The summed E-state index contributed by atoms with van der Waals surface area (Å²) in [4.78, 5) is 37.1. The first kappa shape index (κ1) is 32.0. The lowest BCUT2D eigenvalue weighted by Crippen LogP contribution is -2.54. The number of pyridine rings is 1. The number of esters is 2. The summed E-state index contributed by atoms with van der Waals surface area (Å²) in [7, 11) is 2.95. The topological polar surface area (TPSA) is 101 Å². The number of nitrogens with one attached hydrogen (secondary N) is 2. The van der Waals surface area contributed by atoms with Crippen LogP contribution in [0.5, 0.6) is 0 Å². The van der Waals surface area contributed by atoms with Crippen molar-refractivity contribution in [1.29, 1.82) is 0 Å². The third kappa shape index (κ3) is 5.03. The van der Waals surface area contributed by atoms with E-state index in [1.165, 1.54) is 42.0 Å². The number of aromatic nitrogens is 3. The van der Waals surface area contributed by atoms with Gasteiger partial charge in [-0.2, -0.15) is 4.57 Å². The SMILES string of the molecule is C/C=C1/CN2CCc3c([nH]c4ccccc34)C2CC1C(Cc1c[n+]2c(c3[nH]c4ccccc4c13)CC1C(C(=O)OC)=COC(C)C1C2)C(=O)OC. The van der Waals surface area contributed by atoms with Crippen molar-refractivity contribution < 1.29 is 28.4 Å². The number of fused-ring (bicyclic) bond motifs is 11. The molecule has 3 aromatic heterocycles. The van der Waals surface area contributed by atoms with E-state index < -0.39 is 0 Å². The third-order valence-corrected chi connectivity index (χ3v) is 12.6. The molecule has 4 aliphatic rings. The minimum atomic E-state index is -0.365. The highest BCUT2D eigenvalue weighted by Crippen LogP contribution is 2.47. The van der Waals surface area contributed by atoms with Gasteiger partial charge in [-0.15, -0.1) is 0 Å². The quantitative estimate of drug-likeness (QED) is 0.129. The number of carbonyl (C=O) groups is 2. The molecule has 51 heavy (non-hydrogen) atoms. The first-order valence-corrected chi connectivity index (χ1v) is 18.3. The fraction of sp³-hybridized carbons (Fsp3) is 0.405. The lowest BCUT2D eigenvalue weighted by Gasteiger charge is -2.45. The van der Waals surface area contributed by atoms with E-state index >= 15 is 0 Å². The molecule has 6 unspecified atom stereocenters. The number of allylic oxidation sites excluding steroid dienone is 1. The molecule has 9 rings (SSSR count). The molecule has 7 heterocycles. The number of nitrogens with zero attached hydrogens (tertiary/aromatic N) is 2. The minimum absolute atomic E-state index is 0.0167. The predicted octanol–water partition coefficient (Wildman–Crippen LogP) is 6.25. The Balaban J connectivity index is 1.15. The minimum Gasteiger partial charge on any atom is -0.497 e. The number of hydrogen-bond donors (Lipinski definition) is 2. The summed E-state index contributed by atoms with van der Waals surface area (Å²) in [6.45, 7) is 6.73. The predicted molar refractivity (Wildman–Crippen MR) is 195 cm³/mol. The molecule has 262 valence electrons. The molecule has 9 heteroatoms. The number of hydrogen-bond acceptors (Lipinski definition) is 6. The maximum atomic E-state index is 14.1. The van der Waals surface area contributed by atoms with Gasteiger partial charge in [0.1, 0.15) is 11.6 Å². The van der Waals surface area contributed by atoms with Gasteiger partial charge in [-0.05, 0) is 56.7 Å². The zero-order chi connectivity index (χ0) is 35.0. The van der Waals surface area contributed by atoms with E-state index in [-0.39, 0.29) is 47.8 Å². The summed E-state index contributed by atoms with van der Waals surface area (Å²) in [6, 6.07) is 17.2. The van der Waals surface area contributed by atoms with Crippen molar-refractivity contribution >= 4 is 44.6 Å². The molecular weight excluding hydrogens is 640 g/mol. The first-order chi connectivity index (χ1) is 24.9. The molecule has 5 aromatic rings. The van der Waals surface area contributed by atoms with Gasteiger partial charge < -0.3 is 24.2 Å². The van der Waals surface area contributed by atoms with Crippen LogP contribution in [0.25, 0.3) is 32.7 Å². The zero-order valence-electron chi connectivity index (χ0n) is 29.7. The number of para-hydroxylation sites is 2. The Labute approximate surface area is 297 Å². The standard InChI is InChI=1S/C42H44N4O5/c1-5-24-19-45-15-14-27-26-10-6-8-12-34(26)43-39(27)36(45)17-29(24)31(41(47)49-3)16-25-20-46-21-32-23(2)51-22-33(42(48)50-4)30(32)18-37(46)40-38(25)28-11-7-9-13-35(28)44-40/h5-13,20,22-23,29-32,36,43H,14-19,21H2,1-4H3/p+1/b24-5-. The van der Waals surface area contributed by atoms with Crippen molar-refractivity contribution in [3.8, 4) is 0 Å². The lowest BCUT2D eigenvalue weighted by atomic mass is 9.73. The van der Waals surface area contributed by atoms with E-state index in [2.05, 4.69) is 94.1 Å². The molecule has 6 atom stereocenters. The molecule has 0 bridgehead atoms. The van der Waals surface area contributed by atoms with Crippen LogP contribution in [0.4, 0.5) is 0 Å². The summed E-state index contributed by atoms with van der Waals surface area (Å²) in [5.41, 5.74) is 10.2. The smallest absolute Gasteiger partial charge is 0.337 e. The van der Waals surface area contributed by atoms with E-state index in [1.54, 1.807) is 6.26 Å². The molecule has 0 amide bonds. The second kappa shape index (κ2) is 12.4. The van der Waals surface area contributed by atoms with Gasteiger partial charge in [-0.1, -0.05) is 48.0 Å². The number of H-pyrrole nitrogens is 2. The highest BCUT2D eigenvalue weighted by atomic mass is 16.5. The Morgan fingerprint density at radius 2 is 1.82 bits per heavy atom. The second-order valence-electron chi connectivity index (χ2n) is 14.9. The molecule has 2 aromatic carbocycles. The van der Waals surface area contributed by atoms with Gasteiger partial charge in [0, 0.05) is 63.9 Å². The van der Waals surface area contributed by atoms with Crippen LogP contribution in [0.3, 0.4) is 0 Å². The Morgan fingerprint density at radius 1 is 1.06 bits per heavy atom. The van der Waals surface area contributed by atoms with Crippen molar-refractivity contribution in [2.75, 3.05) is 27.3 Å². The van der Waals surface area contributed by atoms with E-state index in [1.807, 2.05) is 0 Å². The van der Waals surface area contributed by atoms with E-state index in [0.29, 0.717) is 25.0 Å². The van der Waals surface area contributed by atoms with Gasteiger partial charge in [0.2, 0.25) is 5.69 Å². The van der Waals surface area contributed by atoms with Crippen LogP contribution in [0.15, 0.2) is 78.2 Å². The number of rotatable bonds is 5. The maximum absolute atomic E-state index is 14.1.